The number of rotatable bonds is 7. The monoisotopic (exact) mass is 528 g/mol. The van der Waals surface area contributed by atoms with Crippen LogP contribution in [0.2, 0.25) is 0 Å². The summed E-state index contributed by atoms with van der Waals surface area (Å²) in [6.45, 7) is 8.59. The summed E-state index contributed by atoms with van der Waals surface area (Å²) in [6, 6.07) is 6.96. The number of fused-ring (bicyclic) bond motifs is 1. The molecule has 0 radical (unpaired) electrons. The maximum atomic E-state index is 15.1. The minimum Gasteiger partial charge on any atom is -0.280 e. The molecule has 0 saturated heterocycles. The number of halogens is 2. The van der Waals surface area contributed by atoms with Crippen molar-refractivity contribution in [3.63, 3.8) is 0 Å². The summed E-state index contributed by atoms with van der Waals surface area (Å²) in [4.78, 5) is 9.61. The van der Waals surface area contributed by atoms with Gasteiger partial charge in [0.25, 0.3) is 5.92 Å². The van der Waals surface area contributed by atoms with Gasteiger partial charge in [-0.3, -0.25) is 9.98 Å². The lowest BCUT2D eigenvalue weighted by Gasteiger charge is -2.39. The minimum absolute atomic E-state index is 0.0481. The molecule has 2 fully saturated rings. The summed E-state index contributed by atoms with van der Waals surface area (Å²) in [6.07, 6.45) is 18.2. The number of allylic oxidation sites excluding steroid dienone is 4. The zero-order valence-corrected chi connectivity index (χ0v) is 23.9. The van der Waals surface area contributed by atoms with Crippen molar-refractivity contribution in [1.29, 1.82) is 0 Å². The predicted molar refractivity (Wildman–Crippen MR) is 159 cm³/mol. The molecule has 0 aromatic heterocycles. The first kappa shape index (κ1) is 26.6. The molecule has 0 spiro atoms. The van der Waals surface area contributed by atoms with Gasteiger partial charge in [0.05, 0.1) is 0 Å². The third-order valence-corrected chi connectivity index (χ3v) is 9.81. The molecule has 3 atom stereocenters. The van der Waals surface area contributed by atoms with Crippen LogP contribution in [0.4, 0.5) is 8.78 Å². The Morgan fingerprint density at radius 2 is 1.92 bits per heavy atom. The van der Waals surface area contributed by atoms with Crippen LogP contribution in [-0.2, 0) is 6.42 Å². The fraction of sp³-hybridized carbons (Fsp3) is 0.543. The van der Waals surface area contributed by atoms with Crippen molar-refractivity contribution in [2.45, 2.75) is 97.4 Å². The molecule has 0 N–H and O–H groups in total. The number of alkyl halides is 2. The van der Waals surface area contributed by atoms with Gasteiger partial charge < -0.3 is 0 Å². The van der Waals surface area contributed by atoms with E-state index in [1.165, 1.54) is 58.2 Å². The van der Waals surface area contributed by atoms with Crippen LogP contribution in [0.1, 0.15) is 95.8 Å². The Kier molecular flexibility index (Phi) is 6.88. The Labute approximate surface area is 232 Å². The van der Waals surface area contributed by atoms with Gasteiger partial charge in [0.2, 0.25) is 0 Å². The molecule has 5 aliphatic rings. The highest BCUT2D eigenvalue weighted by Gasteiger charge is 2.46. The van der Waals surface area contributed by atoms with Crippen molar-refractivity contribution in [1.82, 2.24) is 0 Å². The molecule has 6 rings (SSSR count). The molecule has 3 unspecified atom stereocenters. The van der Waals surface area contributed by atoms with Gasteiger partial charge in [-0.25, -0.2) is 8.78 Å². The number of dihydropyridines is 1. The molecule has 3 aliphatic carbocycles. The Morgan fingerprint density at radius 3 is 2.64 bits per heavy atom. The Balaban J connectivity index is 1.21. The minimum atomic E-state index is -2.60. The average Bonchev–Trinajstić information content (AvgIpc) is 3.51. The van der Waals surface area contributed by atoms with E-state index in [2.05, 4.69) is 50.3 Å². The van der Waals surface area contributed by atoms with Gasteiger partial charge in [-0.15, -0.1) is 0 Å². The molecule has 2 aliphatic heterocycles. The zero-order chi connectivity index (χ0) is 27.4. The van der Waals surface area contributed by atoms with E-state index >= 15 is 8.78 Å². The number of hydrogen-bond donors (Lipinski definition) is 0. The highest BCUT2D eigenvalue weighted by atomic mass is 19.3. The van der Waals surface area contributed by atoms with Gasteiger partial charge in [-0.05, 0) is 95.8 Å². The quantitative estimate of drug-likeness (QED) is 0.337. The second-order valence-corrected chi connectivity index (χ2v) is 13.6. The van der Waals surface area contributed by atoms with Crippen LogP contribution in [0.25, 0.3) is 11.1 Å². The third-order valence-electron chi connectivity index (χ3n) is 9.81. The van der Waals surface area contributed by atoms with Crippen molar-refractivity contribution in [3.05, 3.63) is 70.5 Å². The number of nitrogens with zero attached hydrogens (tertiary/aromatic N) is 2. The molecule has 206 valence electrons. The fourth-order valence-electron chi connectivity index (χ4n) is 7.45. The summed E-state index contributed by atoms with van der Waals surface area (Å²) in [7, 11) is 0. The molecule has 1 aromatic rings. The lowest BCUT2D eigenvalue weighted by molar-refractivity contribution is -0.0997. The second-order valence-electron chi connectivity index (χ2n) is 13.6. The first-order valence-electron chi connectivity index (χ1n) is 15.0. The topological polar surface area (TPSA) is 24.7 Å². The van der Waals surface area contributed by atoms with Gasteiger partial charge in [-0.1, -0.05) is 63.6 Å². The highest BCUT2D eigenvalue weighted by molar-refractivity contribution is 6.00. The van der Waals surface area contributed by atoms with E-state index in [4.69, 9.17) is 9.98 Å². The van der Waals surface area contributed by atoms with E-state index in [1.807, 2.05) is 26.3 Å². The Morgan fingerprint density at radius 1 is 1.10 bits per heavy atom. The van der Waals surface area contributed by atoms with Crippen molar-refractivity contribution in [2.24, 2.45) is 33.2 Å². The number of aliphatic imine (C=N–C) groups is 2. The number of hydrogen-bond acceptors (Lipinski definition) is 2. The maximum absolute atomic E-state index is 15.1. The number of benzene rings is 1. The maximum Gasteiger partial charge on any atom is 0.251 e. The van der Waals surface area contributed by atoms with Crippen LogP contribution in [0.5, 0.6) is 0 Å². The van der Waals surface area contributed by atoms with Crippen molar-refractivity contribution >= 4 is 23.1 Å². The molecule has 2 nitrogen and oxygen atoms in total. The summed E-state index contributed by atoms with van der Waals surface area (Å²) in [5, 5.41) is 0. The van der Waals surface area contributed by atoms with Gasteiger partial charge >= 0.3 is 0 Å². The molecule has 2 heterocycles. The first-order valence-corrected chi connectivity index (χ1v) is 15.0. The Hall–Kier alpha value is -2.62. The van der Waals surface area contributed by atoms with Crippen LogP contribution in [-0.4, -0.2) is 23.9 Å². The molecule has 39 heavy (non-hydrogen) atoms. The molecule has 1 aromatic carbocycles. The van der Waals surface area contributed by atoms with E-state index in [0.717, 1.165) is 18.6 Å². The van der Waals surface area contributed by atoms with Crippen molar-refractivity contribution in [2.75, 3.05) is 0 Å². The van der Waals surface area contributed by atoms with Crippen molar-refractivity contribution in [3.8, 4) is 0 Å². The molecule has 0 bridgehead atoms. The predicted octanol–water partition coefficient (Wildman–Crippen LogP) is 9.43. The normalized spacial score (nSPS) is 28.8. The van der Waals surface area contributed by atoms with Crippen LogP contribution in [0, 0.1) is 23.2 Å². The lowest BCUT2D eigenvalue weighted by atomic mass is 9.66. The molecular formula is C35H42F2N2. The molecule has 2 saturated carbocycles. The molecule has 4 heteroatoms. The Bertz CT molecular complexity index is 1330. The standard InChI is InChI=1S/C35H42F2N2/c1-22(2)14-29-9-6-26(19-35(29,36)37)32-17-28(21-38-32)30-10-7-24(16-27(30)18-34(4)12-5-13-34)31-11-8-25-15-23(3)20-39-33(25)31/h7-8,10-11,15-16,20-22,26,29,33H,5-6,9,12-14,17-19H2,1-4H3. The van der Waals surface area contributed by atoms with E-state index in [1.54, 1.807) is 0 Å². The summed E-state index contributed by atoms with van der Waals surface area (Å²) >= 11 is 0. The van der Waals surface area contributed by atoms with E-state index in [-0.39, 0.29) is 18.4 Å². The summed E-state index contributed by atoms with van der Waals surface area (Å²) in [5.74, 6) is -2.89. The van der Waals surface area contributed by atoms with Crippen molar-refractivity contribution < 1.29 is 8.78 Å². The highest BCUT2D eigenvalue weighted by Crippen LogP contribution is 2.48. The van der Waals surface area contributed by atoms with Gasteiger partial charge in [0, 0.05) is 42.8 Å². The zero-order valence-electron chi connectivity index (χ0n) is 23.9. The fourth-order valence-corrected chi connectivity index (χ4v) is 7.45. The third kappa shape index (κ3) is 5.28. The average molecular weight is 529 g/mol. The molecular weight excluding hydrogens is 486 g/mol. The summed E-state index contributed by atoms with van der Waals surface area (Å²) in [5.41, 5.74) is 10.1. The van der Waals surface area contributed by atoms with Gasteiger partial charge in [0.1, 0.15) is 6.04 Å². The molecule has 0 amide bonds. The van der Waals surface area contributed by atoms with Gasteiger partial charge in [0.15, 0.2) is 0 Å². The van der Waals surface area contributed by atoms with E-state index in [0.29, 0.717) is 30.6 Å². The van der Waals surface area contributed by atoms with Gasteiger partial charge in [-0.2, -0.15) is 0 Å². The van der Waals surface area contributed by atoms with Crippen LogP contribution in [0.3, 0.4) is 0 Å². The SMILES string of the molecule is CC1=CC2=CC=C(c3ccc(C4=CN=C(C5CCC(CC(C)C)C(F)(F)C5)C4)c(CC4(C)CCC4)c3)C2N=C1. The smallest absolute Gasteiger partial charge is 0.251 e. The lowest BCUT2D eigenvalue weighted by Crippen LogP contribution is -2.38. The first-order chi connectivity index (χ1) is 18.6. The van der Waals surface area contributed by atoms with Crippen LogP contribution in [0.15, 0.2) is 63.8 Å². The van der Waals surface area contributed by atoms with Crippen LogP contribution >= 0.6 is 0 Å². The second kappa shape index (κ2) is 10.1. The van der Waals surface area contributed by atoms with Crippen LogP contribution < -0.4 is 0 Å². The van der Waals surface area contributed by atoms with E-state index < -0.39 is 11.8 Å². The largest absolute Gasteiger partial charge is 0.280 e. The van der Waals surface area contributed by atoms with E-state index in [9.17, 15) is 0 Å². The summed E-state index contributed by atoms with van der Waals surface area (Å²) < 4.78 is 30.2.